The van der Waals surface area contributed by atoms with E-state index < -0.39 is 0 Å². The van der Waals surface area contributed by atoms with Crippen molar-refractivity contribution in [2.24, 2.45) is 0 Å². The molecule has 0 saturated carbocycles. The molecular formula is C21H20BrNO3. The Bertz CT molecular complexity index is 924. The first-order valence-corrected chi connectivity index (χ1v) is 8.61. The summed E-state index contributed by atoms with van der Waals surface area (Å²) in [7, 11) is 3.25. The number of hydrogen-bond donors (Lipinski definition) is 1. The molecule has 0 aliphatic carbocycles. The van der Waals surface area contributed by atoms with E-state index in [1.54, 1.807) is 44.6 Å². The SMILES string of the molecule is C=Cc1cccc2c(Oc3ccc(Br)cc3N)ccc(C=O)c12.COC. The minimum atomic E-state index is 0.534. The summed E-state index contributed by atoms with van der Waals surface area (Å²) in [5.74, 6) is 1.21. The van der Waals surface area contributed by atoms with Crippen molar-refractivity contribution in [3.05, 3.63) is 70.7 Å². The van der Waals surface area contributed by atoms with Crippen LogP contribution in [-0.2, 0) is 4.74 Å². The van der Waals surface area contributed by atoms with Gasteiger partial charge in [-0.3, -0.25) is 4.79 Å². The average Bonchev–Trinajstić information content (AvgIpc) is 2.64. The molecule has 0 saturated heterocycles. The molecule has 0 amide bonds. The van der Waals surface area contributed by atoms with Crippen LogP contribution < -0.4 is 10.5 Å². The van der Waals surface area contributed by atoms with E-state index in [4.69, 9.17) is 10.5 Å². The Balaban J connectivity index is 0.000000758. The number of fused-ring (bicyclic) bond motifs is 1. The van der Waals surface area contributed by atoms with Crippen LogP contribution in [0.5, 0.6) is 11.5 Å². The molecule has 0 atom stereocenters. The molecule has 0 aliphatic rings. The average molecular weight is 414 g/mol. The standard InChI is InChI=1S/C19H14BrNO2.C2H6O/c1-2-12-4-3-5-15-17(8-6-13(11-22)19(12)15)23-18-9-7-14(20)10-16(18)21;1-3-2/h2-11H,1,21H2;1-2H3. The molecule has 0 heterocycles. The van der Waals surface area contributed by atoms with Gasteiger partial charge in [0.05, 0.1) is 5.69 Å². The van der Waals surface area contributed by atoms with Gasteiger partial charge in [-0.15, -0.1) is 0 Å². The van der Waals surface area contributed by atoms with Crippen LogP contribution in [0.4, 0.5) is 5.69 Å². The summed E-state index contributed by atoms with van der Waals surface area (Å²) in [5.41, 5.74) is 8.02. The Kier molecular flexibility index (Phi) is 6.95. The van der Waals surface area contributed by atoms with Gasteiger partial charge in [-0.05, 0) is 35.9 Å². The number of carbonyl (C=O) groups excluding carboxylic acids is 1. The van der Waals surface area contributed by atoms with Gasteiger partial charge >= 0.3 is 0 Å². The lowest BCUT2D eigenvalue weighted by Gasteiger charge is -2.13. The number of aldehydes is 1. The molecule has 5 heteroatoms. The predicted octanol–water partition coefficient (Wildman–Crippen LogP) is 5.69. The highest BCUT2D eigenvalue weighted by Gasteiger charge is 2.11. The molecule has 3 aromatic carbocycles. The van der Waals surface area contributed by atoms with Crippen molar-refractivity contribution in [1.29, 1.82) is 0 Å². The summed E-state index contributed by atoms with van der Waals surface area (Å²) < 4.78 is 11.1. The van der Waals surface area contributed by atoms with Crippen LogP contribution in [0.25, 0.3) is 16.8 Å². The van der Waals surface area contributed by atoms with E-state index in [9.17, 15) is 4.79 Å². The summed E-state index contributed by atoms with van der Waals surface area (Å²) in [6.45, 7) is 3.81. The summed E-state index contributed by atoms with van der Waals surface area (Å²) in [4.78, 5) is 11.3. The maximum atomic E-state index is 11.3. The Morgan fingerprint density at radius 3 is 2.35 bits per heavy atom. The molecule has 134 valence electrons. The zero-order chi connectivity index (χ0) is 19.1. The highest BCUT2D eigenvalue weighted by Crippen LogP contribution is 2.36. The summed E-state index contributed by atoms with van der Waals surface area (Å²) in [5, 5.41) is 1.67. The van der Waals surface area contributed by atoms with Crippen LogP contribution in [-0.4, -0.2) is 20.5 Å². The minimum Gasteiger partial charge on any atom is -0.455 e. The highest BCUT2D eigenvalue weighted by molar-refractivity contribution is 9.10. The molecule has 2 N–H and O–H groups in total. The second-order valence-electron chi connectivity index (χ2n) is 5.44. The molecule has 3 rings (SSSR count). The number of anilines is 1. The van der Waals surface area contributed by atoms with E-state index >= 15 is 0 Å². The molecule has 0 bridgehead atoms. The number of halogens is 1. The maximum absolute atomic E-state index is 11.3. The van der Waals surface area contributed by atoms with Crippen molar-refractivity contribution in [2.75, 3.05) is 20.0 Å². The third-order valence-electron chi connectivity index (χ3n) is 3.60. The van der Waals surface area contributed by atoms with Crippen molar-refractivity contribution >= 4 is 44.8 Å². The monoisotopic (exact) mass is 413 g/mol. The van der Waals surface area contributed by atoms with Gasteiger partial charge in [0.1, 0.15) is 11.5 Å². The van der Waals surface area contributed by atoms with E-state index in [0.717, 1.165) is 27.1 Å². The summed E-state index contributed by atoms with van der Waals surface area (Å²) in [6.07, 6.45) is 2.57. The highest BCUT2D eigenvalue weighted by atomic mass is 79.9. The van der Waals surface area contributed by atoms with Crippen LogP contribution in [0.2, 0.25) is 0 Å². The summed E-state index contributed by atoms with van der Waals surface area (Å²) in [6, 6.07) is 14.7. The smallest absolute Gasteiger partial charge is 0.150 e. The Morgan fingerprint density at radius 2 is 1.73 bits per heavy atom. The largest absolute Gasteiger partial charge is 0.455 e. The Hall–Kier alpha value is -2.63. The van der Waals surface area contributed by atoms with Gasteiger partial charge in [0, 0.05) is 35.0 Å². The van der Waals surface area contributed by atoms with Gasteiger partial charge in [-0.25, -0.2) is 0 Å². The minimum absolute atomic E-state index is 0.534. The first-order chi connectivity index (χ1) is 12.5. The molecule has 0 unspecified atom stereocenters. The molecule has 0 fully saturated rings. The number of hydrogen-bond acceptors (Lipinski definition) is 4. The second kappa shape index (κ2) is 9.17. The van der Waals surface area contributed by atoms with Crippen molar-refractivity contribution in [1.82, 2.24) is 0 Å². The zero-order valence-corrected chi connectivity index (χ0v) is 16.2. The van der Waals surface area contributed by atoms with E-state index in [1.165, 1.54) is 0 Å². The first kappa shape index (κ1) is 19.7. The number of methoxy groups -OCH3 is 1. The third kappa shape index (κ3) is 4.31. The van der Waals surface area contributed by atoms with Gasteiger partial charge in [-0.1, -0.05) is 46.8 Å². The number of carbonyl (C=O) groups is 1. The van der Waals surface area contributed by atoms with Crippen LogP contribution in [0.3, 0.4) is 0 Å². The van der Waals surface area contributed by atoms with Crippen LogP contribution in [0.1, 0.15) is 15.9 Å². The molecule has 26 heavy (non-hydrogen) atoms. The second-order valence-corrected chi connectivity index (χ2v) is 6.35. The summed E-state index contributed by atoms with van der Waals surface area (Å²) >= 11 is 3.37. The first-order valence-electron chi connectivity index (χ1n) is 7.82. The predicted molar refractivity (Wildman–Crippen MR) is 111 cm³/mol. The van der Waals surface area contributed by atoms with Crippen molar-refractivity contribution in [3.8, 4) is 11.5 Å². The molecule has 3 aromatic rings. The zero-order valence-electron chi connectivity index (χ0n) is 14.7. The fourth-order valence-corrected chi connectivity index (χ4v) is 2.90. The topological polar surface area (TPSA) is 61.5 Å². The van der Waals surface area contributed by atoms with Gasteiger partial charge in [-0.2, -0.15) is 0 Å². The quantitative estimate of drug-likeness (QED) is 0.440. The van der Waals surface area contributed by atoms with Crippen LogP contribution in [0, 0.1) is 0 Å². The number of nitrogens with two attached hydrogens (primary N) is 1. The number of ether oxygens (including phenoxy) is 2. The lowest BCUT2D eigenvalue weighted by atomic mass is 9.99. The molecule has 0 aromatic heterocycles. The lowest BCUT2D eigenvalue weighted by molar-refractivity contribution is 0.112. The van der Waals surface area contributed by atoms with Crippen LogP contribution >= 0.6 is 15.9 Å². The number of nitrogen functional groups attached to an aromatic ring is 1. The maximum Gasteiger partial charge on any atom is 0.150 e. The lowest BCUT2D eigenvalue weighted by Crippen LogP contribution is -1.94. The molecular weight excluding hydrogens is 394 g/mol. The van der Waals surface area contributed by atoms with Gasteiger partial charge in [0.2, 0.25) is 0 Å². The van der Waals surface area contributed by atoms with Crippen molar-refractivity contribution in [2.45, 2.75) is 0 Å². The molecule has 4 nitrogen and oxygen atoms in total. The molecule has 0 radical (unpaired) electrons. The van der Waals surface area contributed by atoms with Gasteiger partial charge in [0.15, 0.2) is 6.29 Å². The number of benzene rings is 3. The van der Waals surface area contributed by atoms with E-state index in [2.05, 4.69) is 27.2 Å². The fraction of sp³-hybridized carbons (Fsp3) is 0.0952. The van der Waals surface area contributed by atoms with Crippen molar-refractivity contribution < 1.29 is 14.3 Å². The third-order valence-corrected chi connectivity index (χ3v) is 4.10. The Morgan fingerprint density at radius 1 is 1.04 bits per heavy atom. The molecule has 0 spiro atoms. The number of rotatable bonds is 4. The van der Waals surface area contributed by atoms with Gasteiger partial charge < -0.3 is 15.2 Å². The fourth-order valence-electron chi connectivity index (χ4n) is 2.52. The normalized spacial score (nSPS) is 9.96. The Labute approximate surface area is 161 Å². The van der Waals surface area contributed by atoms with E-state index in [-0.39, 0.29) is 0 Å². The molecule has 0 aliphatic heterocycles. The van der Waals surface area contributed by atoms with Crippen molar-refractivity contribution in [3.63, 3.8) is 0 Å². The van der Waals surface area contributed by atoms with Gasteiger partial charge in [0.25, 0.3) is 0 Å². The van der Waals surface area contributed by atoms with Crippen LogP contribution in [0.15, 0.2) is 59.6 Å². The van der Waals surface area contributed by atoms with E-state index in [1.807, 2.05) is 24.3 Å². The van der Waals surface area contributed by atoms with E-state index in [0.29, 0.717) is 22.7 Å².